The van der Waals surface area contributed by atoms with Gasteiger partial charge in [0, 0.05) is 37.2 Å². The van der Waals surface area contributed by atoms with E-state index in [1.165, 1.54) is 0 Å². The van der Waals surface area contributed by atoms with E-state index in [2.05, 4.69) is 5.32 Å². The monoisotopic (exact) mass is 530 g/mol. The molecule has 0 aliphatic heterocycles. The van der Waals surface area contributed by atoms with Crippen LogP contribution in [-0.2, 0) is 22.6 Å². The smallest absolute Gasteiger partial charge is 0.261 e. The number of nitrogens with one attached hydrogen (secondary N) is 1. The molecule has 0 spiro atoms. The Hall–Kier alpha value is -4.00. The third-order valence-corrected chi connectivity index (χ3v) is 7.26. The van der Waals surface area contributed by atoms with Gasteiger partial charge < -0.3 is 24.4 Å². The topological polar surface area (TPSA) is 77.1 Å². The normalized spacial score (nSPS) is 13.9. The second kappa shape index (κ2) is 13.7. The zero-order valence-corrected chi connectivity index (χ0v) is 23.0. The van der Waals surface area contributed by atoms with Crippen LogP contribution in [0.5, 0.6) is 17.2 Å². The number of methoxy groups -OCH3 is 2. The summed E-state index contributed by atoms with van der Waals surface area (Å²) in [6.45, 7) is 2.08. The van der Waals surface area contributed by atoms with Crippen molar-refractivity contribution < 1.29 is 23.8 Å². The third kappa shape index (κ3) is 7.76. The van der Waals surface area contributed by atoms with Crippen molar-refractivity contribution in [3.05, 3.63) is 89.5 Å². The number of aryl methyl sites for hydroxylation is 1. The minimum atomic E-state index is -0.691. The van der Waals surface area contributed by atoms with Crippen LogP contribution in [0.15, 0.2) is 72.8 Å². The first kappa shape index (κ1) is 28.0. The highest BCUT2D eigenvalue weighted by Crippen LogP contribution is 2.28. The molecule has 7 heteroatoms. The Morgan fingerprint density at radius 1 is 0.897 bits per heavy atom. The maximum atomic E-state index is 13.9. The van der Waals surface area contributed by atoms with E-state index in [1.807, 2.05) is 61.5 Å². The number of carbonyl (C=O) groups is 2. The van der Waals surface area contributed by atoms with E-state index in [9.17, 15) is 9.59 Å². The van der Waals surface area contributed by atoms with Gasteiger partial charge in [0.05, 0.1) is 14.2 Å². The first-order valence-corrected chi connectivity index (χ1v) is 13.5. The van der Waals surface area contributed by atoms with Crippen molar-refractivity contribution in [3.8, 4) is 17.2 Å². The zero-order valence-electron chi connectivity index (χ0n) is 23.0. The van der Waals surface area contributed by atoms with Crippen molar-refractivity contribution in [2.75, 3.05) is 20.8 Å². The average Bonchev–Trinajstić information content (AvgIpc) is 3.47. The second-order valence-electron chi connectivity index (χ2n) is 9.98. The van der Waals surface area contributed by atoms with Crippen LogP contribution in [0.3, 0.4) is 0 Å². The van der Waals surface area contributed by atoms with Gasteiger partial charge in [-0.1, -0.05) is 67.4 Å². The molecule has 0 bridgehead atoms. The van der Waals surface area contributed by atoms with Gasteiger partial charge in [0.15, 0.2) is 6.61 Å². The average molecular weight is 531 g/mol. The lowest BCUT2D eigenvalue weighted by atomic mass is 10.0. The van der Waals surface area contributed by atoms with Gasteiger partial charge >= 0.3 is 0 Å². The van der Waals surface area contributed by atoms with Crippen molar-refractivity contribution >= 4 is 11.8 Å². The molecular formula is C32H38N2O5. The molecule has 1 aliphatic carbocycles. The predicted molar refractivity (Wildman–Crippen MR) is 151 cm³/mol. The van der Waals surface area contributed by atoms with Gasteiger partial charge in [0.1, 0.15) is 23.3 Å². The lowest BCUT2D eigenvalue weighted by molar-refractivity contribution is -0.143. The van der Waals surface area contributed by atoms with E-state index in [1.54, 1.807) is 37.3 Å². The molecule has 0 unspecified atom stereocenters. The van der Waals surface area contributed by atoms with Gasteiger partial charge in [-0.15, -0.1) is 0 Å². The molecule has 1 aliphatic rings. The molecule has 1 fully saturated rings. The highest BCUT2D eigenvalue weighted by atomic mass is 16.5. The molecule has 1 saturated carbocycles. The summed E-state index contributed by atoms with van der Waals surface area (Å²) in [7, 11) is 3.12. The maximum Gasteiger partial charge on any atom is 0.261 e. The summed E-state index contributed by atoms with van der Waals surface area (Å²) >= 11 is 0. The van der Waals surface area contributed by atoms with Crippen LogP contribution in [0, 0.1) is 6.92 Å². The summed E-state index contributed by atoms with van der Waals surface area (Å²) in [5.41, 5.74) is 3.04. The molecule has 3 aromatic carbocycles. The Labute approximate surface area is 231 Å². The summed E-state index contributed by atoms with van der Waals surface area (Å²) in [5.74, 6) is 1.17. The molecule has 0 saturated heterocycles. The van der Waals surface area contributed by atoms with Crippen LogP contribution in [-0.4, -0.2) is 49.6 Å². The Kier molecular flexibility index (Phi) is 9.84. The summed E-state index contributed by atoms with van der Waals surface area (Å²) in [5, 5.41) is 3.23. The molecule has 0 radical (unpaired) electrons. The zero-order chi connectivity index (χ0) is 27.6. The number of hydrogen-bond donors (Lipinski definition) is 1. The van der Waals surface area contributed by atoms with Crippen LogP contribution in [0.25, 0.3) is 0 Å². The van der Waals surface area contributed by atoms with E-state index < -0.39 is 6.04 Å². The minimum absolute atomic E-state index is 0.129. The molecule has 7 nitrogen and oxygen atoms in total. The Balaban J connectivity index is 1.63. The summed E-state index contributed by atoms with van der Waals surface area (Å²) < 4.78 is 16.6. The Bertz CT molecular complexity index is 1220. The largest absolute Gasteiger partial charge is 0.496 e. The summed E-state index contributed by atoms with van der Waals surface area (Å²) in [4.78, 5) is 29.3. The third-order valence-electron chi connectivity index (χ3n) is 7.26. The number of hydrogen-bond acceptors (Lipinski definition) is 5. The highest BCUT2D eigenvalue weighted by Gasteiger charge is 2.32. The van der Waals surface area contributed by atoms with Gasteiger partial charge in [-0.05, 0) is 36.5 Å². The first-order chi connectivity index (χ1) is 19.0. The van der Waals surface area contributed by atoms with Gasteiger partial charge in [-0.3, -0.25) is 9.59 Å². The van der Waals surface area contributed by atoms with Crippen LogP contribution < -0.4 is 19.5 Å². The van der Waals surface area contributed by atoms with Crippen LogP contribution in [0.4, 0.5) is 0 Å². The first-order valence-electron chi connectivity index (χ1n) is 13.5. The predicted octanol–water partition coefficient (Wildman–Crippen LogP) is 5.09. The maximum absolute atomic E-state index is 13.9. The van der Waals surface area contributed by atoms with Gasteiger partial charge in [0.2, 0.25) is 5.91 Å². The van der Waals surface area contributed by atoms with Crippen molar-refractivity contribution in [3.63, 3.8) is 0 Å². The molecule has 206 valence electrons. The fourth-order valence-corrected chi connectivity index (χ4v) is 4.99. The van der Waals surface area contributed by atoms with E-state index in [0.29, 0.717) is 30.2 Å². The summed E-state index contributed by atoms with van der Waals surface area (Å²) in [6.07, 6.45) is 4.56. The fraction of sp³-hybridized carbons (Fsp3) is 0.375. The van der Waals surface area contributed by atoms with Crippen molar-refractivity contribution in [1.82, 2.24) is 10.2 Å². The minimum Gasteiger partial charge on any atom is -0.496 e. The Morgan fingerprint density at radius 3 is 2.15 bits per heavy atom. The van der Waals surface area contributed by atoms with Crippen molar-refractivity contribution in [1.29, 1.82) is 0 Å². The molecule has 3 aromatic rings. The molecular weight excluding hydrogens is 492 g/mol. The number of nitrogens with zero attached hydrogens (tertiary/aromatic N) is 1. The van der Waals surface area contributed by atoms with Gasteiger partial charge in [-0.2, -0.15) is 0 Å². The fourth-order valence-electron chi connectivity index (χ4n) is 4.99. The molecule has 1 N–H and O–H groups in total. The quantitative estimate of drug-likeness (QED) is 0.353. The molecule has 39 heavy (non-hydrogen) atoms. The molecule has 0 heterocycles. The molecule has 1 atom stereocenters. The second-order valence-corrected chi connectivity index (χ2v) is 9.98. The standard InChI is InChI=1S/C32H38N2O5/c1-23-11-7-8-14-25(23)21-34(31(35)22-39-29-19-27(37-2)18-28(20-29)38-3)30(17-24-12-5-4-6-13-24)32(36)33-26-15-9-10-16-26/h4-8,11-14,18-20,26,30H,9-10,15-17,21-22H2,1-3H3,(H,33,36)/t30-/m1/s1. The van der Waals surface area contributed by atoms with Crippen LogP contribution in [0.2, 0.25) is 0 Å². The molecule has 0 aromatic heterocycles. The number of ether oxygens (including phenoxy) is 3. The number of amides is 2. The van der Waals surface area contributed by atoms with E-state index in [0.717, 1.165) is 42.4 Å². The SMILES string of the molecule is COc1cc(OC)cc(OCC(=O)N(Cc2ccccc2C)[C@H](Cc2ccccc2)C(=O)NC2CCCC2)c1. The van der Waals surface area contributed by atoms with Gasteiger partial charge in [-0.25, -0.2) is 0 Å². The number of rotatable bonds is 12. The van der Waals surface area contributed by atoms with Crippen LogP contribution >= 0.6 is 0 Å². The Morgan fingerprint density at radius 2 is 1.51 bits per heavy atom. The van der Waals surface area contributed by atoms with Crippen LogP contribution in [0.1, 0.15) is 42.4 Å². The summed E-state index contributed by atoms with van der Waals surface area (Å²) in [6, 6.07) is 22.4. The van der Waals surface area contributed by atoms with E-state index in [-0.39, 0.29) is 24.5 Å². The molecule has 4 rings (SSSR count). The van der Waals surface area contributed by atoms with E-state index in [4.69, 9.17) is 14.2 Å². The number of carbonyl (C=O) groups excluding carboxylic acids is 2. The van der Waals surface area contributed by atoms with Crippen molar-refractivity contribution in [2.24, 2.45) is 0 Å². The lowest BCUT2D eigenvalue weighted by Gasteiger charge is -2.32. The van der Waals surface area contributed by atoms with E-state index >= 15 is 0 Å². The lowest BCUT2D eigenvalue weighted by Crippen LogP contribution is -2.53. The molecule has 2 amide bonds. The highest BCUT2D eigenvalue weighted by molar-refractivity contribution is 5.88. The van der Waals surface area contributed by atoms with Crippen molar-refractivity contribution in [2.45, 2.75) is 57.7 Å². The number of benzene rings is 3. The van der Waals surface area contributed by atoms with Gasteiger partial charge in [0.25, 0.3) is 5.91 Å².